The third kappa shape index (κ3) is 3.11. The first-order chi connectivity index (χ1) is 11.0. The lowest BCUT2D eigenvalue weighted by atomic mass is 9.70. The molecule has 2 fully saturated rings. The molecule has 0 bridgehead atoms. The predicted molar refractivity (Wildman–Crippen MR) is 90.1 cm³/mol. The first-order valence-electron chi connectivity index (χ1n) is 8.41. The number of imide groups is 1. The number of nitrogens with one attached hydrogen (secondary N) is 2. The number of nitrogens with zero attached hydrogens (tertiary/aromatic N) is 1. The van der Waals surface area contributed by atoms with Gasteiger partial charge in [0.2, 0.25) is 5.91 Å². The zero-order valence-electron chi connectivity index (χ0n) is 13.8. The fourth-order valence-electron chi connectivity index (χ4n) is 3.73. The highest BCUT2D eigenvalue weighted by Crippen LogP contribution is 2.42. The molecule has 0 radical (unpaired) electrons. The van der Waals surface area contributed by atoms with Crippen LogP contribution < -0.4 is 10.6 Å². The minimum absolute atomic E-state index is 0.0398. The van der Waals surface area contributed by atoms with Crippen LogP contribution in [0.25, 0.3) is 0 Å². The number of carbonyl (C=O) groups is 2. The van der Waals surface area contributed by atoms with Crippen molar-refractivity contribution in [3.05, 3.63) is 30.3 Å². The van der Waals surface area contributed by atoms with Gasteiger partial charge in [-0.15, -0.1) is 0 Å². The number of carbonyl (C=O) groups excluding carboxylic acids is 2. The summed E-state index contributed by atoms with van der Waals surface area (Å²) in [5.74, 6) is 0.498. The molecule has 2 saturated heterocycles. The summed E-state index contributed by atoms with van der Waals surface area (Å²) in [5.41, 5.74) is 0.295. The Morgan fingerprint density at radius 3 is 2.52 bits per heavy atom. The number of hydrogen-bond donors (Lipinski definition) is 2. The van der Waals surface area contributed by atoms with E-state index in [0.29, 0.717) is 11.6 Å². The molecule has 0 saturated carbocycles. The fraction of sp³-hybridized carbons (Fsp3) is 0.556. The van der Waals surface area contributed by atoms with Crippen LogP contribution in [0.1, 0.15) is 33.1 Å². The highest BCUT2D eigenvalue weighted by molar-refractivity contribution is 6.07. The zero-order valence-corrected chi connectivity index (χ0v) is 13.8. The third-order valence-electron chi connectivity index (χ3n) is 5.20. The molecule has 0 spiro atoms. The second kappa shape index (κ2) is 6.32. The minimum Gasteiger partial charge on any atom is -0.317 e. The zero-order chi connectivity index (χ0) is 16.4. The van der Waals surface area contributed by atoms with Crippen molar-refractivity contribution < 1.29 is 9.59 Å². The van der Waals surface area contributed by atoms with Crippen LogP contribution in [-0.2, 0) is 4.79 Å². The van der Waals surface area contributed by atoms with Gasteiger partial charge in [-0.25, -0.2) is 4.79 Å². The summed E-state index contributed by atoms with van der Waals surface area (Å²) >= 11 is 0. The number of urea groups is 1. The van der Waals surface area contributed by atoms with E-state index in [1.165, 1.54) is 4.90 Å². The van der Waals surface area contributed by atoms with Crippen molar-refractivity contribution in [1.82, 2.24) is 10.2 Å². The molecule has 1 aromatic carbocycles. The maximum Gasteiger partial charge on any atom is 0.329 e. The summed E-state index contributed by atoms with van der Waals surface area (Å²) < 4.78 is 0. The minimum atomic E-state index is -0.416. The van der Waals surface area contributed by atoms with Gasteiger partial charge in [-0.2, -0.15) is 0 Å². The summed E-state index contributed by atoms with van der Waals surface area (Å²) in [6.45, 7) is 6.05. The van der Waals surface area contributed by atoms with Crippen LogP contribution >= 0.6 is 0 Å². The number of anilines is 1. The Balaban J connectivity index is 1.63. The van der Waals surface area contributed by atoms with Gasteiger partial charge in [0.05, 0.1) is 11.5 Å². The second-order valence-electron chi connectivity index (χ2n) is 7.11. The molecule has 0 unspecified atom stereocenters. The second-order valence-corrected chi connectivity index (χ2v) is 7.11. The standard InChI is InChI=1S/C18H25N3O2/c1-18(2)15(12-13-8-10-19-11-9-13)16(22)21(18)17(23)20-14-6-4-3-5-7-14/h3-7,13,15,19H,8-12H2,1-2H3,(H,20,23)/t15-/m0/s1. The van der Waals surface area contributed by atoms with Gasteiger partial charge in [-0.3, -0.25) is 9.69 Å². The average Bonchev–Trinajstić information content (AvgIpc) is 2.54. The molecule has 2 aliphatic heterocycles. The van der Waals surface area contributed by atoms with Gasteiger partial charge in [-0.05, 0) is 64.3 Å². The number of piperidine rings is 1. The quantitative estimate of drug-likeness (QED) is 0.843. The lowest BCUT2D eigenvalue weighted by Gasteiger charge is -2.53. The van der Waals surface area contributed by atoms with E-state index in [1.807, 2.05) is 44.2 Å². The Morgan fingerprint density at radius 1 is 1.26 bits per heavy atom. The summed E-state index contributed by atoms with van der Waals surface area (Å²) in [6.07, 6.45) is 3.13. The Labute approximate surface area is 137 Å². The van der Waals surface area contributed by atoms with Gasteiger partial charge in [0.1, 0.15) is 0 Å². The summed E-state index contributed by atoms with van der Waals surface area (Å²) in [5, 5.41) is 6.16. The van der Waals surface area contributed by atoms with Crippen LogP contribution in [-0.4, -0.2) is 35.5 Å². The van der Waals surface area contributed by atoms with Crippen molar-refractivity contribution in [2.45, 2.75) is 38.6 Å². The average molecular weight is 315 g/mol. The number of benzene rings is 1. The van der Waals surface area contributed by atoms with E-state index in [1.54, 1.807) is 0 Å². The smallest absolute Gasteiger partial charge is 0.317 e. The molecule has 0 aliphatic carbocycles. The van der Waals surface area contributed by atoms with E-state index < -0.39 is 5.54 Å². The van der Waals surface area contributed by atoms with Crippen molar-refractivity contribution in [3.8, 4) is 0 Å². The Kier molecular flexibility index (Phi) is 4.39. The highest BCUT2D eigenvalue weighted by atomic mass is 16.2. The molecule has 124 valence electrons. The van der Waals surface area contributed by atoms with Crippen LogP contribution in [0.15, 0.2) is 30.3 Å². The van der Waals surface area contributed by atoms with E-state index in [9.17, 15) is 9.59 Å². The molecule has 5 heteroatoms. The van der Waals surface area contributed by atoms with Crippen LogP contribution in [0.2, 0.25) is 0 Å². The van der Waals surface area contributed by atoms with Crippen LogP contribution in [0, 0.1) is 11.8 Å². The number of rotatable bonds is 3. The number of likely N-dealkylation sites (tertiary alicyclic amines) is 1. The van der Waals surface area contributed by atoms with Gasteiger partial charge in [0, 0.05) is 5.69 Å². The van der Waals surface area contributed by atoms with Crippen molar-refractivity contribution >= 4 is 17.6 Å². The SMILES string of the molecule is CC1(C)[C@@H](CC2CCNCC2)C(=O)N1C(=O)Nc1ccccc1. The van der Waals surface area contributed by atoms with Crippen molar-refractivity contribution in [2.24, 2.45) is 11.8 Å². The van der Waals surface area contributed by atoms with Gasteiger partial charge in [0.25, 0.3) is 0 Å². The summed E-state index contributed by atoms with van der Waals surface area (Å²) in [6, 6.07) is 8.93. The van der Waals surface area contributed by atoms with Gasteiger partial charge < -0.3 is 10.6 Å². The lowest BCUT2D eigenvalue weighted by Crippen LogP contribution is -2.70. The maximum absolute atomic E-state index is 12.5. The molecule has 3 amide bonds. The van der Waals surface area contributed by atoms with E-state index in [0.717, 1.165) is 32.4 Å². The highest BCUT2D eigenvalue weighted by Gasteiger charge is 2.57. The van der Waals surface area contributed by atoms with E-state index in [-0.39, 0.29) is 17.9 Å². The summed E-state index contributed by atoms with van der Waals surface area (Å²) in [4.78, 5) is 26.4. The first-order valence-corrected chi connectivity index (χ1v) is 8.41. The molecule has 1 atom stereocenters. The molecule has 0 aromatic heterocycles. The van der Waals surface area contributed by atoms with Crippen LogP contribution in [0.4, 0.5) is 10.5 Å². The summed E-state index contributed by atoms with van der Waals surface area (Å²) in [7, 11) is 0. The molecular weight excluding hydrogens is 290 g/mol. The molecule has 23 heavy (non-hydrogen) atoms. The monoisotopic (exact) mass is 315 g/mol. The number of para-hydroxylation sites is 1. The Hall–Kier alpha value is -1.88. The lowest BCUT2D eigenvalue weighted by molar-refractivity contribution is -0.160. The molecule has 5 nitrogen and oxygen atoms in total. The number of β-lactam (4-membered cyclic amide) rings is 1. The van der Waals surface area contributed by atoms with Crippen molar-refractivity contribution in [1.29, 1.82) is 0 Å². The Bertz CT molecular complexity index is 579. The number of hydrogen-bond acceptors (Lipinski definition) is 3. The van der Waals surface area contributed by atoms with Crippen LogP contribution in [0.3, 0.4) is 0 Å². The van der Waals surface area contributed by atoms with E-state index in [2.05, 4.69) is 10.6 Å². The maximum atomic E-state index is 12.5. The molecule has 2 N–H and O–H groups in total. The largest absolute Gasteiger partial charge is 0.329 e. The predicted octanol–water partition coefficient (Wildman–Crippen LogP) is 2.85. The van der Waals surface area contributed by atoms with Gasteiger partial charge >= 0.3 is 6.03 Å². The molecule has 2 aliphatic rings. The number of amides is 3. The van der Waals surface area contributed by atoms with E-state index >= 15 is 0 Å². The van der Waals surface area contributed by atoms with E-state index in [4.69, 9.17) is 0 Å². The van der Waals surface area contributed by atoms with Crippen LogP contribution in [0.5, 0.6) is 0 Å². The van der Waals surface area contributed by atoms with Gasteiger partial charge in [0.15, 0.2) is 0 Å². The molecular formula is C18H25N3O2. The van der Waals surface area contributed by atoms with Crippen molar-refractivity contribution in [2.75, 3.05) is 18.4 Å². The normalized spacial score (nSPS) is 24.2. The first kappa shape index (κ1) is 16.0. The van der Waals surface area contributed by atoms with Crippen molar-refractivity contribution in [3.63, 3.8) is 0 Å². The third-order valence-corrected chi connectivity index (χ3v) is 5.20. The molecule has 2 heterocycles. The Morgan fingerprint density at radius 2 is 1.91 bits per heavy atom. The fourth-order valence-corrected chi connectivity index (χ4v) is 3.73. The molecule has 1 aromatic rings. The molecule has 3 rings (SSSR count). The topological polar surface area (TPSA) is 61.4 Å². The van der Waals surface area contributed by atoms with Gasteiger partial charge in [-0.1, -0.05) is 18.2 Å².